The summed E-state index contributed by atoms with van der Waals surface area (Å²) in [4.78, 5) is 22.0. The lowest BCUT2D eigenvalue weighted by molar-refractivity contribution is -0.451. The second-order valence-electron chi connectivity index (χ2n) is 7.53. The maximum atomic E-state index is 11.9. The molecule has 16 nitrogen and oxygen atoms in total. The standard InChI is InChI=1S/C16H23N5O11/c17-15-19-12-6(13(28)20-15)18-3-21(12)14-10(26)8(24)5(31-14)2-30-16(29)11(27)9(25)7(23)4(1-22)32-16/h3-5,7-11,14,22-27,29H,1-2H2,(H3,17,19,20,28)/t4-,5-,7-,8-,9+,10-,11-,14-,16+/m1/s1. The van der Waals surface area contributed by atoms with E-state index in [0.717, 1.165) is 6.33 Å². The Morgan fingerprint density at radius 3 is 2.53 bits per heavy atom. The van der Waals surface area contributed by atoms with Gasteiger partial charge in [0.05, 0.1) is 19.5 Å². The van der Waals surface area contributed by atoms with Gasteiger partial charge in [-0.3, -0.25) is 14.3 Å². The largest absolute Gasteiger partial charge is 0.394 e. The van der Waals surface area contributed by atoms with Crippen LogP contribution in [0.4, 0.5) is 5.95 Å². The fourth-order valence-corrected chi connectivity index (χ4v) is 3.67. The number of aromatic nitrogens is 4. The molecule has 32 heavy (non-hydrogen) atoms. The molecule has 4 rings (SSSR count). The number of hydrogen-bond acceptors (Lipinski definition) is 14. The van der Waals surface area contributed by atoms with Crippen molar-refractivity contribution >= 4 is 17.1 Å². The van der Waals surface area contributed by atoms with Crippen LogP contribution in [-0.2, 0) is 14.2 Å². The summed E-state index contributed by atoms with van der Waals surface area (Å²) < 4.78 is 16.9. The minimum atomic E-state index is -2.86. The van der Waals surface area contributed by atoms with Crippen LogP contribution in [0.25, 0.3) is 11.2 Å². The molecule has 16 heteroatoms. The second-order valence-corrected chi connectivity index (χ2v) is 7.53. The van der Waals surface area contributed by atoms with Gasteiger partial charge in [-0.25, -0.2) is 4.98 Å². The first-order valence-corrected chi connectivity index (χ1v) is 9.50. The van der Waals surface area contributed by atoms with Gasteiger partial charge in [-0.05, 0) is 0 Å². The molecule has 2 aliphatic rings. The number of nitrogen functional groups attached to an aromatic ring is 1. The van der Waals surface area contributed by atoms with E-state index in [0.29, 0.717) is 0 Å². The number of hydrogen-bond donors (Lipinski definition) is 9. The highest BCUT2D eigenvalue weighted by Crippen LogP contribution is 2.34. The lowest BCUT2D eigenvalue weighted by atomic mass is 9.98. The van der Waals surface area contributed by atoms with Crippen molar-refractivity contribution in [1.29, 1.82) is 0 Å². The molecule has 178 valence electrons. The first kappa shape index (κ1) is 22.9. The van der Waals surface area contributed by atoms with E-state index >= 15 is 0 Å². The molecule has 0 amide bonds. The number of aliphatic hydroxyl groups is 7. The summed E-state index contributed by atoms with van der Waals surface area (Å²) in [6.45, 7) is -1.46. The summed E-state index contributed by atoms with van der Waals surface area (Å²) in [5.74, 6) is -3.06. The predicted molar refractivity (Wildman–Crippen MR) is 99.4 cm³/mol. The Morgan fingerprint density at radius 2 is 1.84 bits per heavy atom. The van der Waals surface area contributed by atoms with Crippen molar-refractivity contribution in [3.63, 3.8) is 0 Å². The maximum Gasteiger partial charge on any atom is 0.311 e. The molecule has 4 heterocycles. The van der Waals surface area contributed by atoms with E-state index in [1.807, 2.05) is 0 Å². The highest BCUT2D eigenvalue weighted by atomic mass is 16.8. The number of nitrogens with two attached hydrogens (primary N) is 1. The molecule has 0 aromatic carbocycles. The molecule has 2 fully saturated rings. The molecular formula is C16H23N5O11. The molecule has 2 aromatic heterocycles. The summed E-state index contributed by atoms with van der Waals surface area (Å²) in [5, 5.41) is 70.1. The Balaban J connectivity index is 1.51. The van der Waals surface area contributed by atoms with E-state index in [1.165, 1.54) is 4.57 Å². The first-order valence-electron chi connectivity index (χ1n) is 9.50. The Hall–Kier alpha value is -2.25. The number of imidazole rings is 1. The van der Waals surface area contributed by atoms with Crippen molar-refractivity contribution in [2.24, 2.45) is 0 Å². The van der Waals surface area contributed by atoms with Crippen LogP contribution in [0.5, 0.6) is 0 Å². The number of fused-ring (bicyclic) bond motifs is 1. The van der Waals surface area contributed by atoms with Crippen LogP contribution in [0.2, 0.25) is 0 Å². The normalized spacial score (nSPS) is 40.2. The lowest BCUT2D eigenvalue weighted by Gasteiger charge is -2.44. The van der Waals surface area contributed by atoms with Crippen LogP contribution in [0.15, 0.2) is 11.1 Å². The third-order valence-electron chi connectivity index (χ3n) is 5.44. The van der Waals surface area contributed by atoms with E-state index in [-0.39, 0.29) is 17.1 Å². The number of ether oxygens (including phenoxy) is 3. The van der Waals surface area contributed by atoms with Crippen LogP contribution >= 0.6 is 0 Å². The van der Waals surface area contributed by atoms with Crippen molar-refractivity contribution in [1.82, 2.24) is 19.5 Å². The third-order valence-corrected chi connectivity index (χ3v) is 5.44. The summed E-state index contributed by atoms with van der Waals surface area (Å²) in [6, 6.07) is 0. The van der Waals surface area contributed by atoms with Crippen LogP contribution in [0.3, 0.4) is 0 Å². The van der Waals surface area contributed by atoms with Crippen molar-refractivity contribution in [3.05, 3.63) is 16.7 Å². The number of aliphatic hydroxyl groups excluding tert-OH is 6. The van der Waals surface area contributed by atoms with Gasteiger partial charge in [-0.1, -0.05) is 0 Å². The zero-order valence-electron chi connectivity index (χ0n) is 16.3. The number of aromatic amines is 1. The van der Waals surface area contributed by atoms with Gasteiger partial charge in [-0.15, -0.1) is 0 Å². The van der Waals surface area contributed by atoms with Crippen LogP contribution in [0.1, 0.15) is 6.23 Å². The highest BCUT2D eigenvalue weighted by Gasteiger charge is 2.55. The van der Waals surface area contributed by atoms with E-state index in [2.05, 4.69) is 15.0 Å². The summed E-state index contributed by atoms with van der Waals surface area (Å²) in [7, 11) is 0. The molecule has 2 saturated heterocycles. The van der Waals surface area contributed by atoms with Gasteiger partial charge >= 0.3 is 5.97 Å². The Morgan fingerprint density at radius 1 is 1.16 bits per heavy atom. The highest BCUT2D eigenvalue weighted by molar-refractivity contribution is 5.70. The zero-order valence-corrected chi connectivity index (χ0v) is 16.3. The van der Waals surface area contributed by atoms with Gasteiger partial charge in [0.25, 0.3) is 5.56 Å². The fraction of sp³-hybridized carbons (Fsp3) is 0.688. The number of nitrogens with zero attached hydrogens (tertiary/aromatic N) is 3. The second kappa shape index (κ2) is 8.27. The molecule has 2 aromatic rings. The number of rotatable bonds is 5. The number of nitrogens with one attached hydrogen (secondary N) is 1. The average molecular weight is 461 g/mol. The van der Waals surface area contributed by atoms with E-state index < -0.39 is 73.7 Å². The van der Waals surface area contributed by atoms with Gasteiger partial charge in [0.15, 0.2) is 23.5 Å². The topological polar surface area (TPSA) is 259 Å². The third kappa shape index (κ3) is 3.65. The summed E-state index contributed by atoms with van der Waals surface area (Å²) in [5.41, 5.74) is 4.82. The lowest BCUT2D eigenvalue weighted by Crippen LogP contribution is -2.66. The number of H-pyrrole nitrogens is 1. The smallest absolute Gasteiger partial charge is 0.311 e. The zero-order chi connectivity index (χ0) is 23.4. The van der Waals surface area contributed by atoms with Gasteiger partial charge in [0.1, 0.15) is 36.6 Å². The van der Waals surface area contributed by atoms with E-state index in [9.17, 15) is 40.5 Å². The Kier molecular flexibility index (Phi) is 5.92. The van der Waals surface area contributed by atoms with Crippen LogP contribution in [0, 0.1) is 0 Å². The van der Waals surface area contributed by atoms with Crippen molar-refractivity contribution in [2.75, 3.05) is 18.9 Å². The Labute approximate surface area is 178 Å². The molecule has 0 spiro atoms. The van der Waals surface area contributed by atoms with E-state index in [4.69, 9.17) is 19.9 Å². The molecule has 0 unspecified atom stereocenters. The van der Waals surface area contributed by atoms with Crippen LogP contribution in [-0.4, -0.2) is 117 Å². The summed E-state index contributed by atoms with van der Waals surface area (Å²) in [6.07, 6.45) is -11.7. The fourth-order valence-electron chi connectivity index (χ4n) is 3.67. The first-order chi connectivity index (χ1) is 15.1. The van der Waals surface area contributed by atoms with Gasteiger partial charge < -0.3 is 55.7 Å². The predicted octanol–water partition coefficient (Wildman–Crippen LogP) is -5.54. The van der Waals surface area contributed by atoms with Crippen LogP contribution < -0.4 is 11.3 Å². The monoisotopic (exact) mass is 461 g/mol. The van der Waals surface area contributed by atoms with Gasteiger partial charge in [0.2, 0.25) is 5.95 Å². The SMILES string of the molecule is Nc1nc2c(ncn2[C@@H]2O[C@H](CO[C@]3(O)O[C@H](CO)[C@@H](O)[C@H](O)[C@H]3O)[C@@H](O)[C@H]2O)c(=O)[nH]1. The molecular weight excluding hydrogens is 438 g/mol. The minimum Gasteiger partial charge on any atom is -0.394 e. The average Bonchev–Trinajstić information content (AvgIpc) is 3.29. The molecule has 0 aliphatic carbocycles. The quantitative estimate of drug-likeness (QED) is 0.188. The molecule has 9 atom stereocenters. The molecule has 0 radical (unpaired) electrons. The molecule has 0 bridgehead atoms. The number of anilines is 1. The molecule has 0 saturated carbocycles. The van der Waals surface area contributed by atoms with Gasteiger partial charge in [0, 0.05) is 0 Å². The van der Waals surface area contributed by atoms with Crippen molar-refractivity contribution < 1.29 is 50.0 Å². The molecule has 2 aliphatic heterocycles. The van der Waals surface area contributed by atoms with Crippen molar-refractivity contribution in [3.8, 4) is 0 Å². The Bertz CT molecular complexity index is 1030. The van der Waals surface area contributed by atoms with Crippen molar-refractivity contribution in [2.45, 2.75) is 54.9 Å². The maximum absolute atomic E-state index is 11.9. The molecule has 10 N–H and O–H groups in total. The van der Waals surface area contributed by atoms with Gasteiger partial charge in [-0.2, -0.15) is 4.98 Å². The van der Waals surface area contributed by atoms with E-state index in [1.54, 1.807) is 0 Å². The summed E-state index contributed by atoms with van der Waals surface area (Å²) >= 11 is 0. The minimum absolute atomic E-state index is 0.0170.